The molecule has 7 heteroatoms. The Morgan fingerprint density at radius 2 is 2.06 bits per heavy atom. The lowest BCUT2D eigenvalue weighted by Gasteiger charge is -2.54. The Balaban J connectivity index is 0.00000272. The minimum atomic E-state index is 0. The lowest BCUT2D eigenvalue weighted by Crippen LogP contribution is -2.68. The zero-order valence-electron chi connectivity index (χ0n) is 19.0. The second-order valence-corrected chi connectivity index (χ2v) is 9.55. The first-order valence-electron chi connectivity index (χ1n) is 11.5. The van der Waals surface area contributed by atoms with Crippen molar-refractivity contribution in [2.24, 2.45) is 22.2 Å². The molecular formula is C24H37IN4O2. The summed E-state index contributed by atoms with van der Waals surface area (Å²) in [5, 5.41) is 7.06. The van der Waals surface area contributed by atoms with Crippen LogP contribution in [0, 0.1) is 17.3 Å². The first kappa shape index (κ1) is 24.3. The van der Waals surface area contributed by atoms with E-state index >= 15 is 0 Å². The van der Waals surface area contributed by atoms with Gasteiger partial charge >= 0.3 is 0 Å². The smallest absolute Gasteiger partial charge is 0.223 e. The number of halogens is 1. The number of amides is 1. The molecule has 3 aliphatic rings. The van der Waals surface area contributed by atoms with Crippen molar-refractivity contribution in [1.29, 1.82) is 0 Å². The van der Waals surface area contributed by atoms with Gasteiger partial charge in [0.15, 0.2) is 5.96 Å². The number of aliphatic imine (C=N–C) groups is 1. The standard InChI is InChI=1S/C24H36N4O2.HI/c1-4-25-23(27-21-19-11-13-30-22(19)24(21,2)3)26-15-18-14-20(29)28(16-18)12-10-17-8-6-5-7-9-17;/h5-9,18-19,21-22H,4,10-16H2,1-3H3,(H2,25,26,27);1H. The number of nitrogens with zero attached hydrogens (tertiary/aromatic N) is 2. The number of likely N-dealkylation sites (tertiary alicyclic amines) is 1. The molecule has 2 heterocycles. The quantitative estimate of drug-likeness (QED) is 0.317. The normalized spacial score (nSPS) is 29.2. The van der Waals surface area contributed by atoms with Crippen LogP contribution in [0.3, 0.4) is 0 Å². The number of fused-ring (bicyclic) bond motifs is 1. The van der Waals surface area contributed by atoms with Gasteiger partial charge in [-0.05, 0) is 25.3 Å². The number of rotatable bonds is 7. The van der Waals surface area contributed by atoms with Crippen molar-refractivity contribution in [2.45, 2.75) is 52.2 Å². The highest BCUT2D eigenvalue weighted by Gasteiger charge is 2.59. The SMILES string of the molecule is CCNC(=NCC1CC(=O)N(CCc2ccccc2)C1)NC1C2CCOC2C1(C)C.I. The van der Waals surface area contributed by atoms with Crippen LogP contribution in [0.4, 0.5) is 0 Å². The molecule has 4 rings (SSSR count). The number of benzene rings is 1. The number of ether oxygens (including phenoxy) is 1. The van der Waals surface area contributed by atoms with Crippen LogP contribution in [-0.4, -0.2) is 61.7 Å². The minimum absolute atomic E-state index is 0. The number of nitrogens with one attached hydrogen (secondary N) is 2. The molecule has 0 radical (unpaired) electrons. The van der Waals surface area contributed by atoms with Crippen LogP contribution in [0.1, 0.15) is 39.2 Å². The van der Waals surface area contributed by atoms with Crippen molar-refractivity contribution in [3.8, 4) is 0 Å². The van der Waals surface area contributed by atoms with E-state index in [9.17, 15) is 4.79 Å². The molecule has 1 aromatic rings. The van der Waals surface area contributed by atoms with E-state index in [-0.39, 0.29) is 35.3 Å². The minimum Gasteiger partial charge on any atom is -0.377 e. The third kappa shape index (κ3) is 5.35. The van der Waals surface area contributed by atoms with E-state index in [0.717, 1.165) is 45.0 Å². The topological polar surface area (TPSA) is 66.0 Å². The fraction of sp³-hybridized carbons (Fsp3) is 0.667. The lowest BCUT2D eigenvalue weighted by molar-refractivity contribution is -0.127. The van der Waals surface area contributed by atoms with Crippen molar-refractivity contribution in [3.63, 3.8) is 0 Å². The molecule has 1 amide bonds. The van der Waals surface area contributed by atoms with E-state index in [1.54, 1.807) is 0 Å². The molecule has 172 valence electrons. The highest BCUT2D eigenvalue weighted by Crippen LogP contribution is 2.52. The Morgan fingerprint density at radius 1 is 1.29 bits per heavy atom. The Kier molecular flexibility index (Phi) is 8.24. The van der Waals surface area contributed by atoms with Crippen LogP contribution in [0.25, 0.3) is 0 Å². The zero-order valence-corrected chi connectivity index (χ0v) is 21.3. The van der Waals surface area contributed by atoms with Crippen molar-refractivity contribution in [2.75, 3.05) is 32.8 Å². The zero-order chi connectivity index (χ0) is 21.1. The van der Waals surface area contributed by atoms with Crippen molar-refractivity contribution < 1.29 is 9.53 Å². The molecule has 0 spiro atoms. The average Bonchev–Trinajstić information content (AvgIpc) is 3.34. The van der Waals surface area contributed by atoms with Crippen LogP contribution in [0.5, 0.6) is 0 Å². The Bertz CT molecular complexity index is 770. The highest BCUT2D eigenvalue weighted by atomic mass is 127. The number of carbonyl (C=O) groups excluding carboxylic acids is 1. The molecule has 0 aromatic heterocycles. The molecule has 31 heavy (non-hydrogen) atoms. The van der Waals surface area contributed by atoms with Gasteiger partial charge in [0.1, 0.15) is 0 Å². The summed E-state index contributed by atoms with van der Waals surface area (Å²) in [6, 6.07) is 10.8. The molecule has 1 saturated carbocycles. The number of hydrogen-bond acceptors (Lipinski definition) is 3. The number of guanidine groups is 1. The molecule has 6 nitrogen and oxygen atoms in total. The van der Waals surface area contributed by atoms with Gasteiger partial charge in [0, 0.05) is 62.5 Å². The maximum Gasteiger partial charge on any atom is 0.223 e. The highest BCUT2D eigenvalue weighted by molar-refractivity contribution is 14.0. The summed E-state index contributed by atoms with van der Waals surface area (Å²) in [7, 11) is 0. The lowest BCUT2D eigenvalue weighted by atomic mass is 9.57. The predicted molar refractivity (Wildman–Crippen MR) is 135 cm³/mol. The second kappa shape index (κ2) is 10.5. The molecule has 2 saturated heterocycles. The first-order chi connectivity index (χ1) is 14.5. The Hall–Kier alpha value is -1.35. The largest absolute Gasteiger partial charge is 0.377 e. The van der Waals surface area contributed by atoms with Crippen molar-refractivity contribution >= 4 is 35.8 Å². The van der Waals surface area contributed by atoms with Crippen LogP contribution < -0.4 is 10.6 Å². The molecule has 1 aromatic carbocycles. The van der Waals surface area contributed by atoms with E-state index in [1.165, 1.54) is 5.56 Å². The molecule has 4 atom stereocenters. The summed E-state index contributed by atoms with van der Waals surface area (Å²) < 4.78 is 5.92. The van der Waals surface area contributed by atoms with Crippen LogP contribution in [0.15, 0.2) is 35.3 Å². The summed E-state index contributed by atoms with van der Waals surface area (Å²) in [6.07, 6.45) is 3.00. The van der Waals surface area contributed by atoms with Gasteiger partial charge in [-0.3, -0.25) is 9.79 Å². The molecule has 4 unspecified atom stereocenters. The maximum atomic E-state index is 12.5. The molecule has 2 aliphatic heterocycles. The van der Waals surface area contributed by atoms with Crippen LogP contribution >= 0.6 is 24.0 Å². The van der Waals surface area contributed by atoms with Gasteiger partial charge in [-0.1, -0.05) is 44.2 Å². The maximum absolute atomic E-state index is 12.5. The fourth-order valence-corrected chi connectivity index (χ4v) is 5.41. The predicted octanol–water partition coefficient (Wildman–Crippen LogP) is 3.06. The van der Waals surface area contributed by atoms with Crippen LogP contribution in [0.2, 0.25) is 0 Å². The van der Waals surface area contributed by atoms with E-state index in [2.05, 4.69) is 55.7 Å². The summed E-state index contributed by atoms with van der Waals surface area (Å²) in [4.78, 5) is 19.3. The average molecular weight is 540 g/mol. The van der Waals surface area contributed by atoms with Gasteiger partial charge in [0.2, 0.25) is 5.91 Å². The summed E-state index contributed by atoms with van der Waals surface area (Å²) in [5.74, 6) is 2.00. The third-order valence-corrected chi connectivity index (χ3v) is 7.05. The van der Waals surface area contributed by atoms with E-state index in [0.29, 0.717) is 36.9 Å². The van der Waals surface area contributed by atoms with Crippen molar-refractivity contribution in [1.82, 2.24) is 15.5 Å². The van der Waals surface area contributed by atoms with Gasteiger partial charge in [-0.2, -0.15) is 0 Å². The molecule has 3 fully saturated rings. The van der Waals surface area contributed by atoms with Gasteiger partial charge in [0.05, 0.1) is 6.10 Å². The first-order valence-corrected chi connectivity index (χ1v) is 11.5. The van der Waals surface area contributed by atoms with E-state index in [1.807, 2.05) is 11.0 Å². The summed E-state index contributed by atoms with van der Waals surface area (Å²) in [5.41, 5.74) is 1.40. The third-order valence-electron chi connectivity index (χ3n) is 7.05. The van der Waals surface area contributed by atoms with Gasteiger partial charge in [0.25, 0.3) is 0 Å². The van der Waals surface area contributed by atoms with E-state index in [4.69, 9.17) is 9.73 Å². The monoisotopic (exact) mass is 540 g/mol. The summed E-state index contributed by atoms with van der Waals surface area (Å²) in [6.45, 7) is 10.6. The molecule has 0 bridgehead atoms. The molecule has 1 aliphatic carbocycles. The van der Waals surface area contributed by atoms with Gasteiger partial charge in [-0.25, -0.2) is 0 Å². The van der Waals surface area contributed by atoms with Crippen LogP contribution in [-0.2, 0) is 16.0 Å². The van der Waals surface area contributed by atoms with Crippen molar-refractivity contribution in [3.05, 3.63) is 35.9 Å². The molecule has 2 N–H and O–H groups in total. The molecular weight excluding hydrogens is 503 g/mol. The van der Waals surface area contributed by atoms with Gasteiger partial charge in [-0.15, -0.1) is 24.0 Å². The fourth-order valence-electron chi connectivity index (χ4n) is 5.41. The Morgan fingerprint density at radius 3 is 2.81 bits per heavy atom. The summed E-state index contributed by atoms with van der Waals surface area (Å²) >= 11 is 0. The van der Waals surface area contributed by atoms with E-state index < -0.39 is 0 Å². The number of hydrogen-bond donors (Lipinski definition) is 2. The van der Waals surface area contributed by atoms with Gasteiger partial charge < -0.3 is 20.3 Å². The number of carbonyl (C=O) groups is 1. The Labute approximate surface area is 203 Å². The second-order valence-electron chi connectivity index (χ2n) is 9.55.